The third kappa shape index (κ3) is 9.78. The van der Waals surface area contributed by atoms with Crippen molar-refractivity contribution in [2.45, 2.75) is 72.6 Å². The van der Waals surface area contributed by atoms with E-state index in [1.54, 1.807) is 35.2 Å². The molecule has 51 heavy (non-hydrogen) atoms. The summed E-state index contributed by atoms with van der Waals surface area (Å²) < 4.78 is 48.7. The Morgan fingerprint density at radius 1 is 0.627 bits per heavy atom. The van der Waals surface area contributed by atoms with Crippen LogP contribution in [0.15, 0.2) is 72.8 Å². The Labute approximate surface area is 304 Å². The lowest BCUT2D eigenvalue weighted by atomic mass is 9.79. The molecule has 3 aromatic rings. The SMILES string of the molecule is CCOC(=O)C(CC)(COC(c1ccc(OC)cc1)(c1ccc(OC)cc1)c1ccc(OC)cc1)C(=O)OCOP(OCC)N(C(C)C)C(C)C. The van der Waals surface area contributed by atoms with Crippen molar-refractivity contribution in [2.75, 3.05) is 47.9 Å². The molecular formula is C39H54NO10P. The molecule has 0 radical (unpaired) electrons. The molecule has 3 aromatic carbocycles. The van der Waals surface area contributed by atoms with Gasteiger partial charge in [-0.25, -0.2) is 4.67 Å². The first-order valence-electron chi connectivity index (χ1n) is 17.2. The van der Waals surface area contributed by atoms with E-state index < -0.39 is 44.9 Å². The van der Waals surface area contributed by atoms with Gasteiger partial charge in [-0.2, -0.15) is 0 Å². The number of carbonyl (C=O) groups is 2. The van der Waals surface area contributed by atoms with E-state index in [1.165, 1.54) is 0 Å². The largest absolute Gasteiger partial charge is 0.497 e. The first-order valence-corrected chi connectivity index (χ1v) is 18.4. The Bertz CT molecular complexity index is 1370. The number of rotatable bonds is 21. The third-order valence-electron chi connectivity index (χ3n) is 8.52. The minimum atomic E-state index is -1.85. The first-order chi connectivity index (χ1) is 24.5. The number of carbonyl (C=O) groups excluding carboxylic acids is 2. The van der Waals surface area contributed by atoms with Gasteiger partial charge in [-0.3, -0.25) is 14.1 Å². The van der Waals surface area contributed by atoms with Gasteiger partial charge in [0.05, 0.1) is 41.2 Å². The number of nitrogens with zero attached hydrogens (tertiary/aromatic N) is 1. The molecule has 0 fully saturated rings. The highest BCUT2D eigenvalue weighted by Crippen LogP contribution is 2.47. The summed E-state index contributed by atoms with van der Waals surface area (Å²) in [7, 11) is 3.23. The molecule has 0 bridgehead atoms. The van der Waals surface area contributed by atoms with Gasteiger partial charge in [0.2, 0.25) is 0 Å². The van der Waals surface area contributed by atoms with E-state index in [-0.39, 0.29) is 25.1 Å². The van der Waals surface area contributed by atoms with Crippen LogP contribution in [0.4, 0.5) is 0 Å². The lowest BCUT2D eigenvalue weighted by Crippen LogP contribution is -2.48. The van der Waals surface area contributed by atoms with Crippen LogP contribution in [0.1, 0.15) is 71.6 Å². The summed E-state index contributed by atoms with van der Waals surface area (Å²) in [6.07, 6.45) is 0.0267. The molecule has 0 spiro atoms. The zero-order valence-electron chi connectivity index (χ0n) is 31.6. The van der Waals surface area contributed by atoms with Crippen molar-refractivity contribution in [1.29, 1.82) is 0 Å². The highest BCUT2D eigenvalue weighted by atomic mass is 31.2. The lowest BCUT2D eigenvalue weighted by Gasteiger charge is -2.39. The highest BCUT2D eigenvalue weighted by molar-refractivity contribution is 7.44. The second kappa shape index (κ2) is 19.8. The molecular weight excluding hydrogens is 673 g/mol. The fourth-order valence-electron chi connectivity index (χ4n) is 5.84. The second-order valence-corrected chi connectivity index (χ2v) is 13.7. The summed E-state index contributed by atoms with van der Waals surface area (Å²) in [5, 5.41) is 0. The number of hydrogen-bond acceptors (Lipinski definition) is 11. The number of esters is 2. The average Bonchev–Trinajstić information content (AvgIpc) is 3.14. The van der Waals surface area contributed by atoms with E-state index in [2.05, 4.69) is 4.67 Å². The van der Waals surface area contributed by atoms with Crippen molar-refractivity contribution in [3.63, 3.8) is 0 Å². The number of hydrogen-bond donors (Lipinski definition) is 0. The van der Waals surface area contributed by atoms with Crippen molar-refractivity contribution < 1.29 is 47.1 Å². The molecule has 11 nitrogen and oxygen atoms in total. The van der Waals surface area contributed by atoms with E-state index in [9.17, 15) is 9.59 Å². The van der Waals surface area contributed by atoms with Crippen LogP contribution in [-0.4, -0.2) is 76.6 Å². The minimum absolute atomic E-state index is 0.0267. The van der Waals surface area contributed by atoms with E-state index in [4.69, 9.17) is 37.5 Å². The Morgan fingerprint density at radius 2 is 1.04 bits per heavy atom. The maximum Gasteiger partial charge on any atom is 0.328 e. The molecule has 0 aliphatic rings. The van der Waals surface area contributed by atoms with Crippen LogP contribution in [0.5, 0.6) is 17.2 Å². The van der Waals surface area contributed by atoms with Crippen LogP contribution >= 0.6 is 8.53 Å². The van der Waals surface area contributed by atoms with Crippen molar-refractivity contribution in [2.24, 2.45) is 5.41 Å². The number of methoxy groups -OCH3 is 3. The van der Waals surface area contributed by atoms with Crippen molar-refractivity contribution in [3.05, 3.63) is 89.5 Å². The number of ether oxygens (including phenoxy) is 6. The van der Waals surface area contributed by atoms with Crippen molar-refractivity contribution in [3.8, 4) is 17.2 Å². The van der Waals surface area contributed by atoms with Crippen LogP contribution in [0, 0.1) is 5.41 Å². The third-order valence-corrected chi connectivity index (χ3v) is 10.6. The molecule has 0 aliphatic heterocycles. The van der Waals surface area contributed by atoms with Gasteiger partial charge >= 0.3 is 11.9 Å². The Balaban J connectivity index is 2.14. The zero-order valence-corrected chi connectivity index (χ0v) is 32.5. The van der Waals surface area contributed by atoms with Gasteiger partial charge in [0.15, 0.2) is 12.2 Å². The van der Waals surface area contributed by atoms with Gasteiger partial charge in [0.1, 0.15) is 22.8 Å². The van der Waals surface area contributed by atoms with Crippen LogP contribution in [-0.2, 0) is 38.4 Å². The number of benzene rings is 3. The quantitative estimate of drug-likeness (QED) is 0.0351. The summed E-state index contributed by atoms with van der Waals surface area (Å²) in [4.78, 5) is 28.1. The summed E-state index contributed by atoms with van der Waals surface area (Å²) >= 11 is 0. The van der Waals surface area contributed by atoms with Gasteiger partial charge in [-0.15, -0.1) is 0 Å². The highest BCUT2D eigenvalue weighted by Gasteiger charge is 2.51. The maximum atomic E-state index is 14.2. The Kier molecular flexibility index (Phi) is 16.2. The minimum Gasteiger partial charge on any atom is -0.497 e. The average molecular weight is 728 g/mol. The second-order valence-electron chi connectivity index (χ2n) is 12.2. The van der Waals surface area contributed by atoms with E-state index in [1.807, 2.05) is 107 Å². The first kappa shape index (κ1) is 41.7. The molecule has 12 heteroatoms. The molecule has 280 valence electrons. The molecule has 0 N–H and O–H groups in total. The molecule has 0 amide bonds. The van der Waals surface area contributed by atoms with Gasteiger partial charge in [0.25, 0.3) is 8.53 Å². The predicted octanol–water partition coefficient (Wildman–Crippen LogP) is 7.88. The van der Waals surface area contributed by atoms with Gasteiger partial charge in [-0.05, 0) is 101 Å². The lowest BCUT2D eigenvalue weighted by molar-refractivity contribution is -0.184. The van der Waals surface area contributed by atoms with E-state index in [0.717, 1.165) is 0 Å². The molecule has 0 aliphatic carbocycles. The van der Waals surface area contributed by atoms with Crippen LogP contribution in [0.2, 0.25) is 0 Å². The van der Waals surface area contributed by atoms with Gasteiger partial charge in [0, 0.05) is 12.1 Å². The van der Waals surface area contributed by atoms with Crippen LogP contribution in [0.3, 0.4) is 0 Å². The molecule has 0 saturated heterocycles. The standard InChI is InChI=1S/C39H54NO10P/c1-11-38(36(41)46-12-2,37(42)47-27-50-51(49-13-3)40(28(4)5)29(6)7)26-48-39(30-14-20-33(43-8)21-15-30,31-16-22-34(44-9)23-17-31)32-18-24-35(45-10)25-19-32/h14-25,28-29H,11-13,26-27H2,1-10H3. The fourth-order valence-corrected chi connectivity index (χ4v) is 7.30. The molecule has 2 unspecified atom stereocenters. The summed E-state index contributed by atoms with van der Waals surface area (Å²) in [6, 6.07) is 22.6. The Morgan fingerprint density at radius 3 is 1.37 bits per heavy atom. The molecule has 0 heterocycles. The fraction of sp³-hybridized carbons (Fsp3) is 0.487. The van der Waals surface area contributed by atoms with Crippen LogP contribution in [0.25, 0.3) is 0 Å². The zero-order chi connectivity index (χ0) is 37.6. The Hall–Kier alpha value is -3.73. The van der Waals surface area contributed by atoms with E-state index >= 15 is 0 Å². The normalized spacial score (nSPS) is 13.5. The summed E-state index contributed by atoms with van der Waals surface area (Å²) in [5.41, 5.74) is -1.04. The molecule has 0 saturated carbocycles. The smallest absolute Gasteiger partial charge is 0.328 e. The van der Waals surface area contributed by atoms with Gasteiger partial charge in [-0.1, -0.05) is 43.3 Å². The molecule has 0 aromatic heterocycles. The maximum absolute atomic E-state index is 14.2. The molecule has 2 atom stereocenters. The molecule has 3 rings (SSSR count). The summed E-state index contributed by atoms with van der Waals surface area (Å²) in [6.45, 7) is 13.1. The van der Waals surface area contributed by atoms with Gasteiger partial charge < -0.3 is 32.9 Å². The van der Waals surface area contributed by atoms with Crippen molar-refractivity contribution >= 4 is 20.5 Å². The predicted molar refractivity (Wildman–Crippen MR) is 197 cm³/mol. The monoisotopic (exact) mass is 727 g/mol. The summed E-state index contributed by atoms with van der Waals surface area (Å²) in [5.74, 6) is 0.356. The van der Waals surface area contributed by atoms with E-state index in [0.29, 0.717) is 40.5 Å². The van der Waals surface area contributed by atoms with Crippen molar-refractivity contribution in [1.82, 2.24) is 4.67 Å². The van der Waals surface area contributed by atoms with Crippen LogP contribution < -0.4 is 14.2 Å². The topological polar surface area (TPSA) is 111 Å².